The number of piperidine rings is 1. The first-order chi connectivity index (χ1) is 11.8. The minimum absolute atomic E-state index is 0.146. The largest absolute Gasteiger partial charge is 0.338 e. The van der Waals surface area contributed by atoms with Crippen LogP contribution < -0.4 is 0 Å². The fourth-order valence-electron chi connectivity index (χ4n) is 3.21. The van der Waals surface area contributed by atoms with Gasteiger partial charge in [0.25, 0.3) is 5.91 Å². The van der Waals surface area contributed by atoms with Crippen molar-refractivity contribution >= 4 is 17.2 Å². The Hall–Kier alpha value is -2.47. The molecule has 0 unspecified atom stereocenters. The predicted molar refractivity (Wildman–Crippen MR) is 93.6 cm³/mol. The fourth-order valence-corrected chi connectivity index (χ4v) is 3.90. The second-order valence-corrected chi connectivity index (χ2v) is 6.89. The van der Waals surface area contributed by atoms with Gasteiger partial charge in [-0.25, -0.2) is 0 Å². The molecule has 1 saturated heterocycles. The number of hydrogen-bond donors (Lipinski definition) is 0. The van der Waals surface area contributed by atoms with Gasteiger partial charge >= 0.3 is 0 Å². The second-order valence-electron chi connectivity index (χ2n) is 5.94. The summed E-state index contributed by atoms with van der Waals surface area (Å²) in [5.74, 6) is 1.47. The number of carbonyl (C=O) groups excluding carboxylic acids is 1. The van der Waals surface area contributed by atoms with E-state index in [0.29, 0.717) is 5.92 Å². The number of aromatic nitrogens is 3. The molecule has 3 aromatic rings. The minimum atomic E-state index is 0.146. The van der Waals surface area contributed by atoms with Gasteiger partial charge in [0.1, 0.15) is 12.2 Å². The fraction of sp³-hybridized carbons (Fsp3) is 0.278. The van der Waals surface area contributed by atoms with Crippen LogP contribution in [0.2, 0.25) is 0 Å². The van der Waals surface area contributed by atoms with Crippen LogP contribution in [0.25, 0.3) is 5.69 Å². The molecule has 6 heteroatoms. The highest BCUT2D eigenvalue weighted by Crippen LogP contribution is 2.29. The van der Waals surface area contributed by atoms with Crippen LogP contribution in [0.15, 0.2) is 54.2 Å². The van der Waals surface area contributed by atoms with E-state index in [2.05, 4.69) is 26.9 Å². The number of carbonyl (C=O) groups is 1. The van der Waals surface area contributed by atoms with Crippen LogP contribution in [0, 0.1) is 0 Å². The van der Waals surface area contributed by atoms with Crippen molar-refractivity contribution in [1.82, 2.24) is 19.7 Å². The van der Waals surface area contributed by atoms with Gasteiger partial charge in [0.2, 0.25) is 0 Å². The molecule has 1 aromatic carbocycles. The molecule has 2 aromatic heterocycles. The summed E-state index contributed by atoms with van der Waals surface area (Å²) in [4.78, 5) is 15.2. The lowest BCUT2D eigenvalue weighted by Crippen LogP contribution is -2.38. The Morgan fingerprint density at radius 2 is 1.88 bits per heavy atom. The maximum atomic E-state index is 12.4. The summed E-state index contributed by atoms with van der Waals surface area (Å²) in [6.45, 7) is 1.53. The molecule has 1 aliphatic heterocycles. The number of rotatable bonds is 3. The molecule has 4 rings (SSSR count). The van der Waals surface area contributed by atoms with Crippen molar-refractivity contribution in [3.63, 3.8) is 0 Å². The van der Waals surface area contributed by atoms with E-state index >= 15 is 0 Å². The number of para-hydroxylation sites is 1. The number of likely N-dealkylation sites (tertiary alicyclic amines) is 1. The quantitative estimate of drug-likeness (QED) is 0.736. The zero-order chi connectivity index (χ0) is 16.4. The van der Waals surface area contributed by atoms with Crippen molar-refractivity contribution in [3.8, 4) is 5.69 Å². The van der Waals surface area contributed by atoms with Gasteiger partial charge in [-0.3, -0.25) is 9.36 Å². The van der Waals surface area contributed by atoms with Gasteiger partial charge in [-0.1, -0.05) is 24.3 Å². The molecule has 1 aliphatic rings. The van der Waals surface area contributed by atoms with Gasteiger partial charge in [-0.2, -0.15) is 0 Å². The Balaban J connectivity index is 1.47. The summed E-state index contributed by atoms with van der Waals surface area (Å²) < 4.78 is 2.06. The minimum Gasteiger partial charge on any atom is -0.338 e. The van der Waals surface area contributed by atoms with Crippen molar-refractivity contribution in [2.75, 3.05) is 13.1 Å². The summed E-state index contributed by atoms with van der Waals surface area (Å²) in [5, 5.41) is 10.4. The smallest absolute Gasteiger partial charge is 0.263 e. The van der Waals surface area contributed by atoms with Gasteiger partial charge in [0.05, 0.1) is 4.88 Å². The van der Waals surface area contributed by atoms with Gasteiger partial charge in [0.15, 0.2) is 0 Å². The lowest BCUT2D eigenvalue weighted by atomic mass is 9.95. The molecule has 0 saturated carbocycles. The van der Waals surface area contributed by atoms with Crippen molar-refractivity contribution in [1.29, 1.82) is 0 Å². The molecule has 122 valence electrons. The average Bonchev–Trinajstić information content (AvgIpc) is 3.34. The van der Waals surface area contributed by atoms with Gasteiger partial charge in [-0.15, -0.1) is 21.5 Å². The Kier molecular flexibility index (Phi) is 4.13. The van der Waals surface area contributed by atoms with Crippen LogP contribution in [0.4, 0.5) is 0 Å². The zero-order valence-corrected chi connectivity index (χ0v) is 14.0. The van der Waals surface area contributed by atoms with Crippen LogP contribution >= 0.6 is 11.3 Å². The van der Waals surface area contributed by atoms with E-state index in [-0.39, 0.29) is 5.91 Å². The number of nitrogens with zero attached hydrogens (tertiary/aromatic N) is 4. The Labute approximate surface area is 144 Å². The lowest BCUT2D eigenvalue weighted by Gasteiger charge is -2.31. The highest BCUT2D eigenvalue weighted by molar-refractivity contribution is 7.12. The van der Waals surface area contributed by atoms with E-state index in [0.717, 1.165) is 42.3 Å². The molecule has 1 fully saturated rings. The average molecular weight is 338 g/mol. The monoisotopic (exact) mass is 338 g/mol. The SMILES string of the molecule is O=C(c1cccs1)N1CCC(c2nncn2-c2ccccc2)CC1. The van der Waals surface area contributed by atoms with E-state index in [1.165, 1.54) is 11.3 Å². The van der Waals surface area contributed by atoms with Gasteiger partial charge in [-0.05, 0) is 36.4 Å². The first kappa shape index (κ1) is 15.1. The maximum Gasteiger partial charge on any atom is 0.263 e. The summed E-state index contributed by atoms with van der Waals surface area (Å²) >= 11 is 1.51. The molecular weight excluding hydrogens is 320 g/mol. The third-order valence-corrected chi connectivity index (χ3v) is 5.35. The molecular formula is C18H18N4OS. The van der Waals surface area contributed by atoms with E-state index in [1.807, 2.05) is 40.6 Å². The molecule has 24 heavy (non-hydrogen) atoms. The Morgan fingerprint density at radius 1 is 1.08 bits per heavy atom. The third kappa shape index (κ3) is 2.85. The number of benzene rings is 1. The Morgan fingerprint density at radius 3 is 2.58 bits per heavy atom. The second kappa shape index (κ2) is 6.57. The van der Waals surface area contributed by atoms with Crippen molar-refractivity contribution in [2.24, 2.45) is 0 Å². The van der Waals surface area contributed by atoms with Crippen molar-refractivity contribution in [3.05, 3.63) is 64.9 Å². The summed E-state index contributed by atoms with van der Waals surface area (Å²) in [6.07, 6.45) is 3.61. The first-order valence-corrected chi connectivity index (χ1v) is 8.99. The molecule has 5 nitrogen and oxygen atoms in total. The van der Waals surface area contributed by atoms with Crippen LogP contribution in [-0.2, 0) is 0 Å². The van der Waals surface area contributed by atoms with Crippen molar-refractivity contribution in [2.45, 2.75) is 18.8 Å². The lowest BCUT2D eigenvalue weighted by molar-refractivity contribution is 0.0715. The van der Waals surface area contributed by atoms with E-state index in [4.69, 9.17) is 0 Å². The van der Waals surface area contributed by atoms with E-state index < -0.39 is 0 Å². The predicted octanol–water partition coefficient (Wildman–Crippen LogP) is 3.35. The van der Waals surface area contributed by atoms with Gasteiger partial charge in [0, 0.05) is 24.7 Å². The molecule has 1 amide bonds. The zero-order valence-electron chi connectivity index (χ0n) is 13.2. The van der Waals surface area contributed by atoms with Crippen LogP contribution in [0.1, 0.15) is 34.3 Å². The summed E-state index contributed by atoms with van der Waals surface area (Å²) in [6, 6.07) is 14.0. The number of hydrogen-bond acceptors (Lipinski definition) is 4. The standard InChI is InChI=1S/C18H18N4OS/c23-18(16-7-4-12-24-16)21-10-8-14(9-11-21)17-20-19-13-22(17)15-5-2-1-3-6-15/h1-7,12-14H,8-11H2. The highest BCUT2D eigenvalue weighted by Gasteiger charge is 2.27. The summed E-state index contributed by atoms with van der Waals surface area (Å²) in [5.41, 5.74) is 1.08. The molecule has 0 atom stereocenters. The first-order valence-electron chi connectivity index (χ1n) is 8.11. The molecule has 3 heterocycles. The van der Waals surface area contributed by atoms with E-state index in [9.17, 15) is 4.79 Å². The molecule has 0 spiro atoms. The molecule has 0 aliphatic carbocycles. The molecule has 0 bridgehead atoms. The van der Waals surface area contributed by atoms with Crippen LogP contribution in [0.5, 0.6) is 0 Å². The molecule has 0 radical (unpaired) electrons. The van der Waals surface area contributed by atoms with E-state index in [1.54, 1.807) is 6.33 Å². The third-order valence-electron chi connectivity index (χ3n) is 4.49. The summed E-state index contributed by atoms with van der Waals surface area (Å²) in [7, 11) is 0. The maximum absolute atomic E-state index is 12.4. The van der Waals surface area contributed by atoms with Gasteiger partial charge < -0.3 is 4.90 Å². The van der Waals surface area contributed by atoms with Crippen LogP contribution in [-0.4, -0.2) is 38.7 Å². The Bertz CT molecular complexity index is 805. The normalized spacial score (nSPS) is 15.6. The van der Waals surface area contributed by atoms with Crippen LogP contribution in [0.3, 0.4) is 0 Å². The topological polar surface area (TPSA) is 51.0 Å². The molecule has 0 N–H and O–H groups in total. The number of amides is 1. The number of thiophene rings is 1. The van der Waals surface area contributed by atoms with Crippen molar-refractivity contribution < 1.29 is 4.79 Å². The highest BCUT2D eigenvalue weighted by atomic mass is 32.1.